The van der Waals surface area contributed by atoms with E-state index in [0.717, 1.165) is 0 Å². The number of nitro benzene ring substituents is 1. The zero-order chi connectivity index (χ0) is 13.8. The molecule has 0 saturated carbocycles. The van der Waals surface area contributed by atoms with Gasteiger partial charge < -0.3 is 10.5 Å². The molecule has 0 atom stereocenters. The number of hydrogen-bond donors (Lipinski definition) is 1. The number of nitrogen functional groups attached to an aromatic ring is 1. The number of rotatable bonds is 3. The van der Waals surface area contributed by atoms with Gasteiger partial charge in [0.15, 0.2) is 5.75 Å². The van der Waals surface area contributed by atoms with E-state index < -0.39 is 4.92 Å². The quantitative estimate of drug-likeness (QED) is 0.516. The Morgan fingerprint density at radius 1 is 1.21 bits per heavy atom. The fourth-order valence-electron chi connectivity index (χ4n) is 1.47. The molecule has 19 heavy (non-hydrogen) atoms. The van der Waals surface area contributed by atoms with E-state index in [9.17, 15) is 10.1 Å². The standard InChI is InChI=1S/C13H9N3O3/c14-8-9-1-4-11(5-2-9)19-13-6-3-10(16(17)18)7-12(13)15/h1-7H,15H2. The number of nitriles is 1. The molecule has 0 aliphatic heterocycles. The smallest absolute Gasteiger partial charge is 0.271 e. The molecule has 0 aromatic heterocycles. The first-order chi connectivity index (χ1) is 9.10. The maximum absolute atomic E-state index is 10.6. The molecule has 6 heteroatoms. The average Bonchev–Trinajstić information content (AvgIpc) is 2.41. The van der Waals surface area contributed by atoms with Crippen molar-refractivity contribution in [3.05, 3.63) is 58.1 Å². The van der Waals surface area contributed by atoms with E-state index in [4.69, 9.17) is 15.7 Å². The molecular weight excluding hydrogens is 246 g/mol. The Morgan fingerprint density at radius 2 is 1.89 bits per heavy atom. The van der Waals surface area contributed by atoms with Crippen LogP contribution in [0.4, 0.5) is 11.4 Å². The third kappa shape index (κ3) is 2.79. The molecule has 0 amide bonds. The predicted octanol–water partition coefficient (Wildman–Crippen LogP) is 2.84. The third-order valence-electron chi connectivity index (χ3n) is 2.42. The van der Waals surface area contributed by atoms with Crippen molar-refractivity contribution in [3.8, 4) is 17.6 Å². The van der Waals surface area contributed by atoms with Gasteiger partial charge in [0.1, 0.15) is 5.75 Å². The van der Waals surface area contributed by atoms with Gasteiger partial charge in [-0.1, -0.05) is 0 Å². The molecule has 0 saturated heterocycles. The molecule has 0 spiro atoms. The van der Waals surface area contributed by atoms with Crippen LogP contribution in [0.2, 0.25) is 0 Å². The number of anilines is 1. The zero-order valence-electron chi connectivity index (χ0n) is 9.74. The second kappa shape index (κ2) is 5.06. The molecule has 0 radical (unpaired) electrons. The van der Waals surface area contributed by atoms with Gasteiger partial charge >= 0.3 is 0 Å². The highest BCUT2D eigenvalue weighted by Gasteiger charge is 2.10. The van der Waals surface area contributed by atoms with Crippen LogP contribution in [0.15, 0.2) is 42.5 Å². The van der Waals surface area contributed by atoms with Crippen LogP contribution in [-0.2, 0) is 0 Å². The molecule has 0 aliphatic carbocycles. The first kappa shape index (κ1) is 12.4. The summed E-state index contributed by atoms with van der Waals surface area (Å²) in [5, 5.41) is 19.2. The minimum atomic E-state index is -0.526. The molecule has 94 valence electrons. The van der Waals surface area contributed by atoms with Crippen LogP contribution >= 0.6 is 0 Å². The first-order valence-electron chi connectivity index (χ1n) is 5.32. The Morgan fingerprint density at radius 3 is 2.42 bits per heavy atom. The molecule has 6 nitrogen and oxygen atoms in total. The summed E-state index contributed by atoms with van der Waals surface area (Å²) in [7, 11) is 0. The highest BCUT2D eigenvalue weighted by atomic mass is 16.6. The monoisotopic (exact) mass is 255 g/mol. The maximum Gasteiger partial charge on any atom is 0.271 e. The van der Waals surface area contributed by atoms with Gasteiger partial charge in [-0.3, -0.25) is 10.1 Å². The summed E-state index contributed by atoms with van der Waals surface area (Å²) in [6.45, 7) is 0. The van der Waals surface area contributed by atoms with Crippen molar-refractivity contribution in [1.29, 1.82) is 5.26 Å². The third-order valence-corrected chi connectivity index (χ3v) is 2.42. The van der Waals surface area contributed by atoms with E-state index in [2.05, 4.69) is 0 Å². The summed E-state index contributed by atoms with van der Waals surface area (Å²) in [4.78, 5) is 10.0. The number of ether oxygens (including phenoxy) is 1. The Bertz CT molecular complexity index is 660. The Balaban J connectivity index is 2.23. The number of benzene rings is 2. The van der Waals surface area contributed by atoms with Crippen LogP contribution in [0.1, 0.15) is 5.56 Å². The molecule has 0 heterocycles. The minimum Gasteiger partial charge on any atom is -0.455 e. The molecule has 2 aromatic carbocycles. The zero-order valence-corrected chi connectivity index (χ0v) is 9.74. The second-order valence-corrected chi connectivity index (χ2v) is 3.72. The first-order valence-corrected chi connectivity index (χ1v) is 5.32. The number of non-ortho nitro benzene ring substituents is 1. The molecule has 0 fully saturated rings. The van der Waals surface area contributed by atoms with E-state index in [-0.39, 0.29) is 11.4 Å². The topological polar surface area (TPSA) is 102 Å². The largest absolute Gasteiger partial charge is 0.455 e. The summed E-state index contributed by atoms with van der Waals surface area (Å²) in [5.41, 5.74) is 6.29. The van der Waals surface area contributed by atoms with Crippen molar-refractivity contribution >= 4 is 11.4 Å². The van der Waals surface area contributed by atoms with Gasteiger partial charge in [-0.2, -0.15) is 5.26 Å². The van der Waals surface area contributed by atoms with Crippen LogP contribution < -0.4 is 10.5 Å². The van der Waals surface area contributed by atoms with Gasteiger partial charge in [0.05, 0.1) is 22.2 Å². The maximum atomic E-state index is 10.6. The second-order valence-electron chi connectivity index (χ2n) is 3.72. The van der Waals surface area contributed by atoms with E-state index in [1.54, 1.807) is 24.3 Å². The van der Waals surface area contributed by atoms with E-state index in [1.807, 2.05) is 6.07 Å². The van der Waals surface area contributed by atoms with Crippen molar-refractivity contribution in [2.75, 3.05) is 5.73 Å². The van der Waals surface area contributed by atoms with Gasteiger partial charge in [-0.25, -0.2) is 0 Å². The summed E-state index contributed by atoms with van der Waals surface area (Å²) in [6, 6.07) is 12.4. The molecule has 0 bridgehead atoms. The fourth-order valence-corrected chi connectivity index (χ4v) is 1.47. The van der Waals surface area contributed by atoms with Crippen LogP contribution in [-0.4, -0.2) is 4.92 Å². The van der Waals surface area contributed by atoms with E-state index in [0.29, 0.717) is 17.1 Å². The van der Waals surface area contributed by atoms with Crippen molar-refractivity contribution in [3.63, 3.8) is 0 Å². The van der Waals surface area contributed by atoms with Crippen molar-refractivity contribution in [1.82, 2.24) is 0 Å². The molecular formula is C13H9N3O3. The van der Waals surface area contributed by atoms with Crippen LogP contribution in [0.5, 0.6) is 11.5 Å². The van der Waals surface area contributed by atoms with Gasteiger partial charge in [0, 0.05) is 12.1 Å². The molecule has 2 rings (SSSR count). The highest BCUT2D eigenvalue weighted by molar-refractivity contribution is 5.59. The number of nitrogens with zero attached hydrogens (tertiary/aromatic N) is 2. The van der Waals surface area contributed by atoms with Crippen molar-refractivity contribution in [2.45, 2.75) is 0 Å². The lowest BCUT2D eigenvalue weighted by Gasteiger charge is -2.08. The minimum absolute atomic E-state index is 0.0929. The van der Waals surface area contributed by atoms with Gasteiger partial charge in [-0.15, -0.1) is 0 Å². The molecule has 2 N–H and O–H groups in total. The normalized spacial score (nSPS) is 9.63. The lowest BCUT2D eigenvalue weighted by Crippen LogP contribution is -1.95. The highest BCUT2D eigenvalue weighted by Crippen LogP contribution is 2.30. The van der Waals surface area contributed by atoms with Crippen LogP contribution in [0, 0.1) is 21.4 Å². The lowest BCUT2D eigenvalue weighted by molar-refractivity contribution is -0.384. The van der Waals surface area contributed by atoms with Gasteiger partial charge in [-0.05, 0) is 30.3 Å². The van der Waals surface area contributed by atoms with Crippen LogP contribution in [0.25, 0.3) is 0 Å². The average molecular weight is 255 g/mol. The fraction of sp³-hybridized carbons (Fsp3) is 0. The Hall–Kier alpha value is -3.07. The summed E-state index contributed by atoms with van der Waals surface area (Å²) >= 11 is 0. The molecule has 2 aromatic rings. The van der Waals surface area contributed by atoms with Crippen molar-refractivity contribution < 1.29 is 9.66 Å². The van der Waals surface area contributed by atoms with E-state index in [1.165, 1.54) is 18.2 Å². The van der Waals surface area contributed by atoms with E-state index >= 15 is 0 Å². The Kier molecular flexibility index (Phi) is 3.30. The lowest BCUT2D eigenvalue weighted by atomic mass is 10.2. The SMILES string of the molecule is N#Cc1ccc(Oc2ccc([N+](=O)[O-])cc2N)cc1. The van der Waals surface area contributed by atoms with Crippen molar-refractivity contribution in [2.24, 2.45) is 0 Å². The number of hydrogen-bond acceptors (Lipinski definition) is 5. The summed E-state index contributed by atoms with van der Waals surface area (Å²) in [6.07, 6.45) is 0. The number of nitro groups is 1. The summed E-state index contributed by atoms with van der Waals surface area (Å²) in [5.74, 6) is 0.829. The summed E-state index contributed by atoms with van der Waals surface area (Å²) < 4.78 is 5.49. The number of nitrogens with two attached hydrogens (primary N) is 1. The van der Waals surface area contributed by atoms with Gasteiger partial charge in [0.2, 0.25) is 0 Å². The molecule has 0 aliphatic rings. The Labute approximate surface area is 108 Å². The van der Waals surface area contributed by atoms with Crippen LogP contribution in [0.3, 0.4) is 0 Å². The van der Waals surface area contributed by atoms with Gasteiger partial charge in [0.25, 0.3) is 5.69 Å². The predicted molar refractivity (Wildman–Crippen MR) is 68.7 cm³/mol. The molecule has 0 unspecified atom stereocenters.